The van der Waals surface area contributed by atoms with E-state index in [9.17, 15) is 14.4 Å². The van der Waals surface area contributed by atoms with Gasteiger partial charge in [-0.15, -0.1) is 0 Å². The number of rotatable bonds is 8. The maximum absolute atomic E-state index is 13.5. The highest BCUT2D eigenvalue weighted by Gasteiger charge is 2.29. The standard InChI is InChI=1S/C30H42N6O4/c1-21(2)16-19-35-24-25(32-27(35)34-17-11-15-23(20-34)31-28(38)40-30(3,4)5)36(29(39)33(6)26(24)37)18-10-14-22-12-8-7-9-13-22/h7-9,12-13,16,23H,10-11,14-15,17-20H2,1-6H3,(H,31,38). The van der Waals surface area contributed by atoms with Gasteiger partial charge < -0.3 is 19.5 Å². The van der Waals surface area contributed by atoms with E-state index < -0.39 is 11.7 Å². The molecule has 4 rings (SSSR count). The van der Waals surface area contributed by atoms with Crippen LogP contribution in [0.1, 0.15) is 59.4 Å². The molecule has 3 aromatic rings. The normalized spacial score (nSPS) is 15.8. The van der Waals surface area contributed by atoms with Gasteiger partial charge in [0.2, 0.25) is 5.95 Å². The maximum atomic E-state index is 13.5. The van der Waals surface area contributed by atoms with Crippen molar-refractivity contribution in [3.05, 3.63) is 68.4 Å². The van der Waals surface area contributed by atoms with Gasteiger partial charge in [0.1, 0.15) is 5.60 Å². The number of carbonyl (C=O) groups is 1. The number of ether oxygens (including phenoxy) is 1. The molecule has 0 aliphatic carbocycles. The summed E-state index contributed by atoms with van der Waals surface area (Å²) in [6.07, 6.45) is 4.81. The fourth-order valence-corrected chi connectivity index (χ4v) is 5.07. The number of imidazole rings is 1. The van der Waals surface area contributed by atoms with Crippen LogP contribution in [0.25, 0.3) is 11.2 Å². The van der Waals surface area contributed by atoms with E-state index in [1.165, 1.54) is 17.2 Å². The molecule has 10 nitrogen and oxygen atoms in total. The fraction of sp³-hybridized carbons (Fsp3) is 0.533. The third-order valence-electron chi connectivity index (χ3n) is 7.01. The van der Waals surface area contributed by atoms with Gasteiger partial charge in [-0.05, 0) is 65.9 Å². The highest BCUT2D eigenvalue weighted by molar-refractivity contribution is 5.75. The Labute approximate surface area is 235 Å². The molecule has 10 heteroatoms. The highest BCUT2D eigenvalue weighted by atomic mass is 16.6. The minimum Gasteiger partial charge on any atom is -0.444 e. The average molecular weight is 551 g/mol. The van der Waals surface area contributed by atoms with Crippen LogP contribution in [0.3, 0.4) is 0 Å². The largest absolute Gasteiger partial charge is 0.444 e. The molecule has 1 aliphatic rings. The summed E-state index contributed by atoms with van der Waals surface area (Å²) in [6.45, 7) is 11.7. The molecule has 1 fully saturated rings. The van der Waals surface area contributed by atoms with Crippen LogP contribution in [0.5, 0.6) is 0 Å². The van der Waals surface area contributed by atoms with Crippen molar-refractivity contribution in [2.24, 2.45) is 7.05 Å². The minimum atomic E-state index is -0.582. The number of fused-ring (bicyclic) bond motifs is 1. The van der Waals surface area contributed by atoms with E-state index in [-0.39, 0.29) is 17.3 Å². The quantitative estimate of drug-likeness (QED) is 0.426. The third kappa shape index (κ3) is 6.84. The number of aryl methyl sites for hydroxylation is 2. The lowest BCUT2D eigenvalue weighted by Gasteiger charge is -2.34. The van der Waals surface area contributed by atoms with E-state index in [2.05, 4.69) is 28.4 Å². The van der Waals surface area contributed by atoms with Crippen molar-refractivity contribution < 1.29 is 9.53 Å². The molecule has 1 aromatic carbocycles. The summed E-state index contributed by atoms with van der Waals surface area (Å²) in [5.41, 5.74) is 1.82. The zero-order chi connectivity index (χ0) is 29.0. The van der Waals surface area contributed by atoms with E-state index in [1.54, 1.807) is 4.57 Å². The minimum absolute atomic E-state index is 0.129. The number of hydrogen-bond donors (Lipinski definition) is 1. The lowest BCUT2D eigenvalue weighted by atomic mass is 10.1. The molecule has 1 amide bonds. The first-order valence-corrected chi connectivity index (χ1v) is 14.1. The lowest BCUT2D eigenvalue weighted by molar-refractivity contribution is 0.0499. The molecular formula is C30H42N6O4. The van der Waals surface area contributed by atoms with Gasteiger partial charge in [-0.2, -0.15) is 4.98 Å². The van der Waals surface area contributed by atoms with Gasteiger partial charge in [0.25, 0.3) is 5.56 Å². The molecule has 1 unspecified atom stereocenters. The molecule has 2 aromatic heterocycles. The topological polar surface area (TPSA) is 103 Å². The van der Waals surface area contributed by atoms with Crippen LogP contribution in [0.4, 0.5) is 10.7 Å². The van der Waals surface area contributed by atoms with Crippen LogP contribution >= 0.6 is 0 Å². The van der Waals surface area contributed by atoms with Crippen molar-refractivity contribution in [2.75, 3.05) is 18.0 Å². The van der Waals surface area contributed by atoms with Crippen molar-refractivity contribution in [3.8, 4) is 0 Å². The van der Waals surface area contributed by atoms with E-state index in [0.29, 0.717) is 36.7 Å². The SMILES string of the molecule is CC(C)=CCn1c(N2CCCC(NC(=O)OC(C)(C)C)C2)nc2c1c(=O)n(C)c(=O)n2CCCc1ccccc1. The number of anilines is 1. The Bertz CT molecular complexity index is 1490. The second kappa shape index (κ2) is 12.1. The Morgan fingerprint density at radius 2 is 1.88 bits per heavy atom. The molecule has 1 N–H and O–H groups in total. The van der Waals surface area contributed by atoms with Crippen LogP contribution in [0.2, 0.25) is 0 Å². The summed E-state index contributed by atoms with van der Waals surface area (Å²) in [5, 5.41) is 2.99. The van der Waals surface area contributed by atoms with Crippen molar-refractivity contribution in [2.45, 2.75) is 85.0 Å². The average Bonchev–Trinajstić information content (AvgIpc) is 3.27. The first kappa shape index (κ1) is 29.2. The number of allylic oxidation sites excluding steroid dienone is 2. The predicted molar refractivity (Wildman–Crippen MR) is 158 cm³/mol. The number of carbonyl (C=O) groups excluding carboxylic acids is 1. The summed E-state index contributed by atoms with van der Waals surface area (Å²) in [5.74, 6) is 0.627. The van der Waals surface area contributed by atoms with Crippen LogP contribution in [-0.2, 0) is 31.3 Å². The van der Waals surface area contributed by atoms with E-state index in [1.807, 2.05) is 57.4 Å². The van der Waals surface area contributed by atoms with E-state index in [0.717, 1.165) is 37.8 Å². The number of hydrogen-bond acceptors (Lipinski definition) is 6. The van der Waals surface area contributed by atoms with Gasteiger partial charge in [-0.1, -0.05) is 42.0 Å². The van der Waals surface area contributed by atoms with Crippen molar-refractivity contribution in [3.63, 3.8) is 0 Å². The molecule has 1 saturated heterocycles. The fourth-order valence-electron chi connectivity index (χ4n) is 5.07. The van der Waals surface area contributed by atoms with Gasteiger partial charge >= 0.3 is 11.8 Å². The predicted octanol–water partition coefficient (Wildman–Crippen LogP) is 3.99. The zero-order valence-corrected chi connectivity index (χ0v) is 24.6. The maximum Gasteiger partial charge on any atom is 0.407 e. The zero-order valence-electron chi connectivity index (χ0n) is 24.6. The molecule has 0 radical (unpaired) electrons. The molecule has 40 heavy (non-hydrogen) atoms. The number of nitrogens with zero attached hydrogens (tertiary/aromatic N) is 5. The second-order valence-electron chi connectivity index (χ2n) is 11.8. The Balaban J connectivity index is 1.71. The van der Waals surface area contributed by atoms with Crippen LogP contribution in [0, 0.1) is 0 Å². The highest BCUT2D eigenvalue weighted by Crippen LogP contribution is 2.24. The van der Waals surface area contributed by atoms with Crippen LogP contribution in [0.15, 0.2) is 51.6 Å². The van der Waals surface area contributed by atoms with Crippen molar-refractivity contribution in [1.82, 2.24) is 24.0 Å². The Hall–Kier alpha value is -3.82. The Morgan fingerprint density at radius 1 is 1.15 bits per heavy atom. The van der Waals surface area contributed by atoms with Gasteiger partial charge in [-0.25, -0.2) is 9.59 Å². The van der Waals surface area contributed by atoms with Crippen LogP contribution in [-0.4, -0.2) is 49.5 Å². The number of nitrogens with one attached hydrogen (secondary N) is 1. The first-order chi connectivity index (χ1) is 18.9. The van der Waals surface area contributed by atoms with Crippen molar-refractivity contribution >= 4 is 23.2 Å². The van der Waals surface area contributed by atoms with Crippen molar-refractivity contribution in [1.29, 1.82) is 0 Å². The summed E-state index contributed by atoms with van der Waals surface area (Å²) in [7, 11) is 1.53. The molecule has 0 bridgehead atoms. The molecule has 0 spiro atoms. The number of aromatic nitrogens is 4. The summed E-state index contributed by atoms with van der Waals surface area (Å²) in [6, 6.07) is 10.0. The lowest BCUT2D eigenvalue weighted by Crippen LogP contribution is -2.49. The van der Waals surface area contributed by atoms with Gasteiger partial charge in [0, 0.05) is 39.3 Å². The van der Waals surface area contributed by atoms with E-state index in [4.69, 9.17) is 9.72 Å². The van der Waals surface area contributed by atoms with Gasteiger partial charge in [0.15, 0.2) is 11.2 Å². The number of amides is 1. The molecule has 3 heterocycles. The van der Waals surface area contributed by atoms with Gasteiger partial charge in [0.05, 0.1) is 0 Å². The Kier molecular flexibility index (Phi) is 8.85. The summed E-state index contributed by atoms with van der Waals surface area (Å²) in [4.78, 5) is 46.3. The third-order valence-corrected chi connectivity index (χ3v) is 7.01. The summed E-state index contributed by atoms with van der Waals surface area (Å²) < 4.78 is 10.2. The van der Waals surface area contributed by atoms with E-state index >= 15 is 0 Å². The smallest absolute Gasteiger partial charge is 0.407 e. The Morgan fingerprint density at radius 3 is 2.55 bits per heavy atom. The molecule has 1 atom stereocenters. The van der Waals surface area contributed by atoms with Gasteiger partial charge in [-0.3, -0.25) is 13.9 Å². The molecule has 1 aliphatic heterocycles. The molecule has 216 valence electrons. The first-order valence-electron chi connectivity index (χ1n) is 14.1. The monoisotopic (exact) mass is 550 g/mol. The summed E-state index contributed by atoms with van der Waals surface area (Å²) >= 11 is 0. The molecule has 0 saturated carbocycles. The molecular weight excluding hydrogens is 508 g/mol. The van der Waals surface area contributed by atoms with Crippen LogP contribution < -0.4 is 21.5 Å². The number of alkyl carbamates (subject to hydrolysis) is 1. The number of benzene rings is 1. The second-order valence-corrected chi connectivity index (χ2v) is 11.8. The number of piperidine rings is 1.